The lowest BCUT2D eigenvalue weighted by molar-refractivity contribution is 0.353. The number of benzene rings is 8. The zero-order valence-corrected chi connectivity index (χ0v) is 33.5. The van der Waals surface area contributed by atoms with E-state index in [1.165, 1.54) is 24.3 Å². The smallest absolute Gasteiger partial charge is 0.200 e. The van der Waals surface area contributed by atoms with E-state index in [1.54, 1.807) is 121 Å². The second-order valence-corrected chi connectivity index (χ2v) is 15.8. The summed E-state index contributed by atoms with van der Waals surface area (Å²) in [6.45, 7) is 0. The average Bonchev–Trinajstić information content (AvgIpc) is 3.32. The largest absolute Gasteiger partial charge is 0.504 e. The van der Waals surface area contributed by atoms with Gasteiger partial charge >= 0.3 is 0 Å². The molecular weight excluding hydrogens is 817 g/mol. The van der Waals surface area contributed by atoms with Crippen LogP contribution in [-0.4, -0.2) is 61.3 Å². The minimum atomic E-state index is -1.32. The molecule has 8 bridgehead atoms. The molecule has 0 saturated carbocycles. The van der Waals surface area contributed by atoms with Crippen LogP contribution in [0.4, 0.5) is 0 Å². The fourth-order valence-electron chi connectivity index (χ4n) is 9.21. The van der Waals surface area contributed by atoms with E-state index < -0.39 is 92.7 Å². The summed E-state index contributed by atoms with van der Waals surface area (Å²) in [6, 6.07) is 38.8. The van der Waals surface area contributed by atoms with E-state index in [-0.39, 0.29) is 44.5 Å². The zero-order chi connectivity index (χ0) is 45.1. The SMILES string of the molecule is Oc1c2cc(c(O)c1O)C(c1ccccc1)c1cc(c(O)c(O)c1O)C(c1ccccc1)c1cc(c(O)c(O)c1O)C(c1ccccc1)c1cc(c(O)c(O)c1O)C2c1ccccc1. The summed E-state index contributed by atoms with van der Waals surface area (Å²) in [5.41, 5.74) is 0.419. The van der Waals surface area contributed by atoms with Gasteiger partial charge in [-0.25, -0.2) is 0 Å². The van der Waals surface area contributed by atoms with Gasteiger partial charge in [-0.05, 0) is 46.5 Å². The first-order valence-electron chi connectivity index (χ1n) is 20.1. The molecule has 0 atom stereocenters. The molecule has 1 aliphatic rings. The maximum atomic E-state index is 11.9. The molecule has 12 N–H and O–H groups in total. The Morgan fingerprint density at radius 1 is 0.188 bits per heavy atom. The Kier molecular flexibility index (Phi) is 9.98. The normalized spacial score (nSPS) is 16.9. The fourth-order valence-corrected chi connectivity index (χ4v) is 9.21. The molecule has 8 aromatic rings. The molecule has 12 heteroatoms. The minimum absolute atomic E-state index is 0.135. The van der Waals surface area contributed by atoms with Crippen molar-refractivity contribution < 1.29 is 61.3 Å². The van der Waals surface area contributed by atoms with Crippen molar-refractivity contribution in [2.24, 2.45) is 0 Å². The van der Waals surface area contributed by atoms with Crippen LogP contribution in [0.1, 0.15) is 90.4 Å². The van der Waals surface area contributed by atoms with E-state index in [1.807, 2.05) is 0 Å². The first kappa shape index (κ1) is 40.7. The van der Waals surface area contributed by atoms with E-state index in [9.17, 15) is 61.3 Å². The Bertz CT molecular complexity index is 2550. The van der Waals surface area contributed by atoms with Gasteiger partial charge in [0.2, 0.25) is 23.0 Å². The predicted octanol–water partition coefficient (Wildman–Crippen LogP) is 9.19. The molecule has 0 aromatic heterocycles. The van der Waals surface area contributed by atoms with E-state index in [2.05, 4.69) is 0 Å². The van der Waals surface area contributed by atoms with Crippen molar-refractivity contribution in [3.63, 3.8) is 0 Å². The molecular formula is C52H40O12. The van der Waals surface area contributed by atoms with Crippen molar-refractivity contribution in [1.29, 1.82) is 0 Å². The van der Waals surface area contributed by atoms with Gasteiger partial charge in [0.1, 0.15) is 0 Å². The molecule has 8 aromatic carbocycles. The molecule has 0 saturated heterocycles. The first-order valence-corrected chi connectivity index (χ1v) is 20.1. The summed E-state index contributed by atoms with van der Waals surface area (Å²) in [6.07, 6.45) is 0. The summed E-state index contributed by atoms with van der Waals surface area (Å²) in [7, 11) is 0. The van der Waals surface area contributed by atoms with Crippen molar-refractivity contribution >= 4 is 0 Å². The highest BCUT2D eigenvalue weighted by Gasteiger charge is 2.39. The number of hydrogen-bond donors (Lipinski definition) is 12. The monoisotopic (exact) mass is 856 g/mol. The van der Waals surface area contributed by atoms with E-state index >= 15 is 0 Å². The van der Waals surface area contributed by atoms with Gasteiger partial charge in [0.05, 0.1) is 0 Å². The van der Waals surface area contributed by atoms with Gasteiger partial charge in [0.15, 0.2) is 46.0 Å². The zero-order valence-electron chi connectivity index (χ0n) is 33.5. The predicted molar refractivity (Wildman–Crippen MR) is 235 cm³/mol. The van der Waals surface area contributed by atoms with Crippen molar-refractivity contribution in [2.75, 3.05) is 0 Å². The summed E-state index contributed by atoms with van der Waals surface area (Å²) < 4.78 is 0. The van der Waals surface area contributed by atoms with Crippen molar-refractivity contribution in [2.45, 2.75) is 23.7 Å². The lowest BCUT2D eigenvalue weighted by Crippen LogP contribution is -2.13. The maximum absolute atomic E-state index is 11.9. The Balaban J connectivity index is 1.53. The standard InChI is InChI=1S/C52H40O12/c53-41-29-21-31(43(55)49(41)61)38(26-15-7-2-8-16-26)33-23-35(47(59)51(63)45(33)57)40(28-19-11-4-12-20-28)36-24-34(46(58)52(64)48(36)60)39(27-17-9-3-10-18-27)32-22-30(42(54)50(62)44(32)56)37(29)25-13-5-1-6-14-25/h1-24,37-40,53-64H. The highest BCUT2D eigenvalue weighted by molar-refractivity contribution is 5.74. The molecule has 64 heavy (non-hydrogen) atoms. The fraction of sp³-hybridized carbons (Fsp3) is 0.0769. The Hall–Kier alpha value is -8.64. The number of phenols is 12. The van der Waals surface area contributed by atoms with Gasteiger partial charge in [-0.2, -0.15) is 0 Å². The number of rotatable bonds is 4. The molecule has 320 valence electrons. The molecule has 9 rings (SSSR count). The van der Waals surface area contributed by atoms with Crippen LogP contribution in [0, 0.1) is 0 Å². The van der Waals surface area contributed by atoms with Crippen LogP contribution in [0.2, 0.25) is 0 Å². The first-order chi connectivity index (χ1) is 30.8. The average molecular weight is 857 g/mol. The molecule has 0 unspecified atom stereocenters. The Morgan fingerprint density at radius 3 is 0.469 bits per heavy atom. The van der Waals surface area contributed by atoms with Crippen LogP contribution in [0.3, 0.4) is 0 Å². The van der Waals surface area contributed by atoms with Gasteiger partial charge in [0, 0.05) is 68.2 Å². The van der Waals surface area contributed by atoms with Gasteiger partial charge in [-0.1, -0.05) is 121 Å². The number of aromatic hydroxyl groups is 12. The lowest BCUT2D eigenvalue weighted by atomic mass is 9.74. The van der Waals surface area contributed by atoms with E-state index in [4.69, 9.17) is 0 Å². The molecule has 0 heterocycles. The Morgan fingerprint density at radius 2 is 0.328 bits per heavy atom. The quantitative estimate of drug-likeness (QED) is 0.0742. The molecule has 0 fully saturated rings. The molecule has 12 nitrogen and oxygen atoms in total. The van der Waals surface area contributed by atoms with Crippen LogP contribution >= 0.6 is 0 Å². The van der Waals surface area contributed by atoms with E-state index in [0.717, 1.165) is 0 Å². The summed E-state index contributed by atoms with van der Waals surface area (Å²) in [5, 5.41) is 142. The molecule has 0 amide bonds. The molecule has 0 radical (unpaired) electrons. The van der Waals surface area contributed by atoms with Crippen molar-refractivity contribution in [1.82, 2.24) is 0 Å². The number of fused-ring (bicyclic) bond motifs is 8. The molecule has 1 aliphatic carbocycles. The summed E-state index contributed by atoms with van der Waals surface area (Å²) in [4.78, 5) is 0. The third-order valence-electron chi connectivity index (χ3n) is 12.2. The van der Waals surface area contributed by atoms with Crippen LogP contribution < -0.4 is 0 Å². The van der Waals surface area contributed by atoms with Crippen LogP contribution in [0.15, 0.2) is 146 Å². The van der Waals surface area contributed by atoms with Gasteiger partial charge in [-0.3, -0.25) is 0 Å². The topological polar surface area (TPSA) is 243 Å². The molecule has 0 aliphatic heterocycles. The third-order valence-corrected chi connectivity index (χ3v) is 12.2. The third kappa shape index (κ3) is 6.39. The number of phenolic OH excluding ortho intramolecular Hbond substituents is 12. The van der Waals surface area contributed by atoms with Crippen LogP contribution in [-0.2, 0) is 0 Å². The lowest BCUT2D eigenvalue weighted by Gasteiger charge is -2.30. The highest BCUT2D eigenvalue weighted by atomic mass is 16.3. The summed E-state index contributed by atoms with van der Waals surface area (Å²) >= 11 is 0. The second kappa shape index (κ2) is 15.7. The highest BCUT2D eigenvalue weighted by Crippen LogP contribution is 2.59. The van der Waals surface area contributed by atoms with Gasteiger partial charge in [0.25, 0.3) is 0 Å². The van der Waals surface area contributed by atoms with Crippen molar-refractivity contribution in [3.8, 4) is 69.0 Å². The van der Waals surface area contributed by atoms with Gasteiger partial charge in [-0.15, -0.1) is 0 Å². The molecule has 0 spiro atoms. The van der Waals surface area contributed by atoms with Crippen LogP contribution in [0.5, 0.6) is 69.0 Å². The maximum Gasteiger partial charge on any atom is 0.200 e. The number of hydrogen-bond acceptors (Lipinski definition) is 12. The Labute approximate surface area is 365 Å². The van der Waals surface area contributed by atoms with Gasteiger partial charge < -0.3 is 61.3 Å². The van der Waals surface area contributed by atoms with E-state index in [0.29, 0.717) is 22.3 Å². The second-order valence-electron chi connectivity index (χ2n) is 15.8. The van der Waals surface area contributed by atoms with Crippen LogP contribution in [0.25, 0.3) is 0 Å². The minimum Gasteiger partial charge on any atom is -0.504 e. The van der Waals surface area contributed by atoms with Crippen molar-refractivity contribution in [3.05, 3.63) is 212 Å². The summed E-state index contributed by atoms with van der Waals surface area (Å²) in [5.74, 6) is -15.9.